The van der Waals surface area contributed by atoms with Crippen LogP contribution in [0.15, 0.2) is 0 Å². The molecule has 4 saturated carbocycles. The fraction of sp³-hybridized carbons (Fsp3) is 0.895. The molecule has 1 heterocycles. The zero-order valence-electron chi connectivity index (χ0n) is 14.7. The van der Waals surface area contributed by atoms with E-state index in [-0.39, 0.29) is 5.91 Å². The van der Waals surface area contributed by atoms with Crippen molar-refractivity contribution in [1.29, 1.82) is 0 Å². The van der Waals surface area contributed by atoms with Gasteiger partial charge in [0.25, 0.3) is 0 Å². The van der Waals surface area contributed by atoms with Gasteiger partial charge in [0.15, 0.2) is 0 Å². The summed E-state index contributed by atoms with van der Waals surface area (Å²) in [6.45, 7) is 4.43. The van der Waals surface area contributed by atoms with E-state index in [0.29, 0.717) is 11.8 Å². The first-order valence-electron chi connectivity index (χ1n) is 9.79. The summed E-state index contributed by atoms with van der Waals surface area (Å²) in [6.07, 6.45) is 9.34. The second-order valence-electron chi connectivity index (χ2n) is 8.75. The van der Waals surface area contributed by atoms with Gasteiger partial charge in [0.1, 0.15) is 4.32 Å². The van der Waals surface area contributed by atoms with E-state index in [0.717, 1.165) is 47.0 Å². The van der Waals surface area contributed by atoms with Crippen molar-refractivity contribution < 1.29 is 4.79 Å². The van der Waals surface area contributed by atoms with Crippen LogP contribution in [0.3, 0.4) is 0 Å². The lowest BCUT2D eigenvalue weighted by atomic mass is 9.54. The molecule has 5 heteroatoms. The van der Waals surface area contributed by atoms with E-state index in [2.05, 4.69) is 17.1 Å². The van der Waals surface area contributed by atoms with E-state index >= 15 is 0 Å². The fourth-order valence-electron chi connectivity index (χ4n) is 5.80. The summed E-state index contributed by atoms with van der Waals surface area (Å²) in [7, 11) is 0. The lowest BCUT2D eigenvalue weighted by molar-refractivity contribution is -0.122. The Hall–Kier alpha value is -0.290. The van der Waals surface area contributed by atoms with Crippen molar-refractivity contribution in [1.82, 2.24) is 10.2 Å². The smallest absolute Gasteiger partial charge is 0.230 e. The number of piperidine rings is 1. The standard InChI is InChI=1S/C19H30N2OS2/c1-12-2-4-21(5-3-12)19(23)24-11-17(22)20-18-15-7-13-6-14(9-15)10-16(18)8-13/h12-16,18H,2-11H2,1H3,(H,20,22). The maximum atomic E-state index is 12.5. The fourth-order valence-corrected chi connectivity index (χ4v) is 6.86. The molecule has 1 aliphatic heterocycles. The summed E-state index contributed by atoms with van der Waals surface area (Å²) >= 11 is 7.11. The van der Waals surface area contributed by atoms with Gasteiger partial charge in [-0.15, -0.1) is 0 Å². The molecule has 1 N–H and O–H groups in total. The molecule has 3 nitrogen and oxygen atoms in total. The Kier molecular flexibility index (Phi) is 5.10. The van der Waals surface area contributed by atoms with Gasteiger partial charge >= 0.3 is 0 Å². The van der Waals surface area contributed by atoms with Gasteiger partial charge in [-0.05, 0) is 74.5 Å². The van der Waals surface area contributed by atoms with Gasteiger partial charge in [0, 0.05) is 19.1 Å². The number of nitrogens with one attached hydrogen (secondary N) is 1. The summed E-state index contributed by atoms with van der Waals surface area (Å²) < 4.78 is 0.919. The van der Waals surface area contributed by atoms with Crippen LogP contribution in [0.1, 0.15) is 51.9 Å². The second-order valence-corrected chi connectivity index (χ2v) is 10.4. The summed E-state index contributed by atoms with van der Waals surface area (Å²) in [5.74, 6) is 4.94. The zero-order chi connectivity index (χ0) is 16.7. The van der Waals surface area contributed by atoms with Crippen LogP contribution >= 0.6 is 24.0 Å². The van der Waals surface area contributed by atoms with Gasteiger partial charge in [-0.25, -0.2) is 0 Å². The summed E-state index contributed by atoms with van der Waals surface area (Å²) in [5.41, 5.74) is 0. The first kappa shape index (κ1) is 17.1. The van der Waals surface area contributed by atoms with Crippen LogP contribution in [0.25, 0.3) is 0 Å². The lowest BCUT2D eigenvalue weighted by Crippen LogP contribution is -2.56. The molecule has 0 aromatic carbocycles. The molecular weight excluding hydrogens is 336 g/mol. The molecule has 4 aliphatic carbocycles. The van der Waals surface area contributed by atoms with Crippen LogP contribution in [-0.2, 0) is 4.79 Å². The highest BCUT2D eigenvalue weighted by Gasteiger charge is 2.48. The third kappa shape index (κ3) is 3.62. The molecule has 134 valence electrons. The van der Waals surface area contributed by atoms with Gasteiger partial charge in [-0.2, -0.15) is 0 Å². The predicted molar refractivity (Wildman–Crippen MR) is 104 cm³/mol. The van der Waals surface area contributed by atoms with Crippen molar-refractivity contribution in [2.24, 2.45) is 29.6 Å². The molecule has 5 fully saturated rings. The molecular formula is C19H30N2OS2. The van der Waals surface area contributed by atoms with E-state index in [4.69, 9.17) is 12.2 Å². The molecule has 1 amide bonds. The van der Waals surface area contributed by atoms with Gasteiger partial charge in [-0.3, -0.25) is 4.79 Å². The number of likely N-dealkylation sites (tertiary alicyclic amines) is 1. The van der Waals surface area contributed by atoms with Crippen LogP contribution in [0, 0.1) is 29.6 Å². The molecule has 0 aromatic heterocycles. The number of hydrogen-bond donors (Lipinski definition) is 1. The number of carbonyl (C=O) groups excluding carboxylic acids is 1. The number of thiocarbonyl (C=S) groups is 1. The number of thioether (sulfide) groups is 1. The first-order valence-corrected chi connectivity index (χ1v) is 11.2. The monoisotopic (exact) mass is 366 g/mol. The minimum atomic E-state index is 0.199. The average Bonchev–Trinajstić information content (AvgIpc) is 2.56. The number of hydrogen-bond acceptors (Lipinski definition) is 3. The molecule has 0 radical (unpaired) electrons. The minimum absolute atomic E-state index is 0.199. The largest absolute Gasteiger partial charge is 0.357 e. The quantitative estimate of drug-likeness (QED) is 0.772. The van der Waals surface area contributed by atoms with Crippen molar-refractivity contribution in [2.75, 3.05) is 18.8 Å². The zero-order valence-corrected chi connectivity index (χ0v) is 16.3. The molecule has 0 spiro atoms. The Morgan fingerprint density at radius 2 is 1.67 bits per heavy atom. The van der Waals surface area contributed by atoms with Crippen LogP contribution in [0.4, 0.5) is 0 Å². The van der Waals surface area contributed by atoms with E-state index < -0.39 is 0 Å². The molecule has 1 saturated heterocycles. The van der Waals surface area contributed by atoms with Gasteiger partial charge in [-0.1, -0.05) is 30.9 Å². The molecule has 5 aliphatic rings. The van der Waals surface area contributed by atoms with Crippen molar-refractivity contribution in [3.8, 4) is 0 Å². The third-order valence-electron chi connectivity index (χ3n) is 6.92. The molecule has 0 unspecified atom stereocenters. The van der Waals surface area contributed by atoms with Crippen LogP contribution in [0.5, 0.6) is 0 Å². The maximum Gasteiger partial charge on any atom is 0.230 e. The van der Waals surface area contributed by atoms with Crippen molar-refractivity contribution in [3.63, 3.8) is 0 Å². The molecule has 24 heavy (non-hydrogen) atoms. The normalized spacial score (nSPS) is 38.4. The Labute approximate surface area is 155 Å². The van der Waals surface area contributed by atoms with E-state index in [1.54, 1.807) is 11.8 Å². The molecule has 0 aromatic rings. The topological polar surface area (TPSA) is 32.3 Å². The van der Waals surface area contributed by atoms with Crippen molar-refractivity contribution >= 4 is 34.2 Å². The van der Waals surface area contributed by atoms with E-state index in [9.17, 15) is 4.79 Å². The summed E-state index contributed by atoms with van der Waals surface area (Å²) in [4.78, 5) is 14.8. The Bertz CT molecular complexity index is 474. The molecule has 4 bridgehead atoms. The third-order valence-corrected chi connectivity index (χ3v) is 8.45. The van der Waals surface area contributed by atoms with Gasteiger partial charge in [0.2, 0.25) is 5.91 Å². The number of amides is 1. The van der Waals surface area contributed by atoms with Crippen molar-refractivity contribution in [2.45, 2.75) is 57.9 Å². The van der Waals surface area contributed by atoms with Crippen LogP contribution in [0.2, 0.25) is 0 Å². The lowest BCUT2D eigenvalue weighted by Gasteiger charge is -2.54. The minimum Gasteiger partial charge on any atom is -0.357 e. The Balaban J connectivity index is 1.23. The predicted octanol–water partition coefficient (Wildman–Crippen LogP) is 3.68. The average molecular weight is 367 g/mol. The highest BCUT2D eigenvalue weighted by molar-refractivity contribution is 8.23. The Morgan fingerprint density at radius 3 is 2.25 bits per heavy atom. The first-order chi connectivity index (χ1) is 11.6. The van der Waals surface area contributed by atoms with E-state index in [1.807, 2.05) is 0 Å². The van der Waals surface area contributed by atoms with E-state index in [1.165, 1.54) is 44.9 Å². The highest BCUT2D eigenvalue weighted by atomic mass is 32.2. The van der Waals surface area contributed by atoms with Gasteiger partial charge < -0.3 is 10.2 Å². The number of rotatable bonds is 3. The molecule has 0 atom stereocenters. The second kappa shape index (κ2) is 7.14. The van der Waals surface area contributed by atoms with Crippen LogP contribution < -0.4 is 5.32 Å². The SMILES string of the molecule is CC1CCN(C(=S)SCC(=O)NC2C3CC4CC(C3)CC2C4)CC1. The number of nitrogens with zero attached hydrogens (tertiary/aromatic N) is 1. The number of carbonyl (C=O) groups is 1. The summed E-state index contributed by atoms with van der Waals surface area (Å²) in [6, 6.07) is 0.454. The van der Waals surface area contributed by atoms with Crippen LogP contribution in [-0.4, -0.2) is 40.0 Å². The maximum absolute atomic E-state index is 12.5. The summed E-state index contributed by atoms with van der Waals surface area (Å²) in [5, 5.41) is 3.39. The van der Waals surface area contributed by atoms with Crippen molar-refractivity contribution in [3.05, 3.63) is 0 Å². The van der Waals surface area contributed by atoms with Gasteiger partial charge in [0.05, 0.1) is 5.75 Å². The highest BCUT2D eigenvalue weighted by Crippen LogP contribution is 2.53. The Morgan fingerprint density at radius 1 is 1.08 bits per heavy atom. The molecule has 5 rings (SSSR count).